The Kier molecular flexibility index (Phi) is 3.55. The number of carbonyl (C=O) groups excluding carboxylic acids is 1. The van der Waals surface area contributed by atoms with Crippen molar-refractivity contribution in [3.8, 4) is 0 Å². The molecule has 0 aliphatic carbocycles. The van der Waals surface area contributed by atoms with Crippen LogP contribution in [-0.2, 0) is 7.05 Å². The molecule has 1 heterocycles. The molecule has 19 heavy (non-hydrogen) atoms. The molecule has 1 N–H and O–H groups in total. The minimum absolute atomic E-state index is 0.339. The Hall–Kier alpha value is -2.31. The molecule has 0 radical (unpaired) electrons. The maximum Gasteiger partial charge on any atom is 0.254 e. The standard InChI is InChI=1S/C12H12F2N4O/c1-7(11-17-15-6-18(11)2)16-12(19)8-4-3-5-9(13)10(8)14/h3-7H,1-2H3,(H,16,19). The fourth-order valence-electron chi connectivity index (χ4n) is 1.70. The molecule has 0 saturated heterocycles. The van der Waals surface area contributed by atoms with E-state index in [0.717, 1.165) is 6.07 Å². The minimum Gasteiger partial charge on any atom is -0.342 e. The summed E-state index contributed by atoms with van der Waals surface area (Å²) >= 11 is 0. The van der Waals surface area contributed by atoms with E-state index >= 15 is 0 Å². The lowest BCUT2D eigenvalue weighted by molar-refractivity contribution is 0.0932. The van der Waals surface area contributed by atoms with Crippen LogP contribution >= 0.6 is 0 Å². The van der Waals surface area contributed by atoms with Crippen molar-refractivity contribution in [2.75, 3.05) is 0 Å². The van der Waals surface area contributed by atoms with Crippen LogP contribution in [0, 0.1) is 11.6 Å². The Balaban J connectivity index is 2.18. The van der Waals surface area contributed by atoms with Gasteiger partial charge in [0, 0.05) is 7.05 Å². The van der Waals surface area contributed by atoms with Gasteiger partial charge in [-0.05, 0) is 19.1 Å². The van der Waals surface area contributed by atoms with Crippen molar-refractivity contribution in [2.24, 2.45) is 7.05 Å². The molecule has 0 aliphatic rings. The number of halogens is 2. The molecule has 0 spiro atoms. The zero-order valence-electron chi connectivity index (χ0n) is 10.4. The van der Waals surface area contributed by atoms with Gasteiger partial charge in [-0.2, -0.15) is 0 Å². The van der Waals surface area contributed by atoms with Crippen LogP contribution in [0.1, 0.15) is 29.1 Å². The molecule has 5 nitrogen and oxygen atoms in total. The second-order valence-corrected chi connectivity index (χ2v) is 4.10. The highest BCUT2D eigenvalue weighted by Crippen LogP contribution is 2.13. The molecule has 0 aliphatic heterocycles. The summed E-state index contributed by atoms with van der Waals surface area (Å²) in [7, 11) is 1.72. The topological polar surface area (TPSA) is 59.8 Å². The summed E-state index contributed by atoms with van der Waals surface area (Å²) in [6, 6.07) is 2.98. The lowest BCUT2D eigenvalue weighted by atomic mass is 10.1. The third kappa shape index (κ3) is 2.59. The summed E-state index contributed by atoms with van der Waals surface area (Å²) in [6.45, 7) is 1.68. The molecular weight excluding hydrogens is 254 g/mol. The molecule has 1 amide bonds. The number of benzene rings is 1. The predicted octanol–water partition coefficient (Wildman–Crippen LogP) is 1.58. The zero-order chi connectivity index (χ0) is 14.0. The van der Waals surface area contributed by atoms with E-state index in [9.17, 15) is 13.6 Å². The quantitative estimate of drug-likeness (QED) is 0.917. The molecule has 100 valence electrons. The molecule has 0 bridgehead atoms. The van der Waals surface area contributed by atoms with Gasteiger partial charge >= 0.3 is 0 Å². The van der Waals surface area contributed by atoms with Crippen LogP contribution in [0.5, 0.6) is 0 Å². The van der Waals surface area contributed by atoms with E-state index in [0.29, 0.717) is 5.82 Å². The number of rotatable bonds is 3. The molecular formula is C12H12F2N4O. The van der Waals surface area contributed by atoms with Crippen LogP contribution in [0.3, 0.4) is 0 Å². The smallest absolute Gasteiger partial charge is 0.254 e. The zero-order valence-corrected chi connectivity index (χ0v) is 10.4. The SMILES string of the molecule is CC(NC(=O)c1cccc(F)c1F)c1nncn1C. The van der Waals surface area contributed by atoms with E-state index in [-0.39, 0.29) is 5.56 Å². The minimum atomic E-state index is -1.16. The van der Waals surface area contributed by atoms with Crippen molar-refractivity contribution in [3.05, 3.63) is 47.5 Å². The lowest BCUT2D eigenvalue weighted by Gasteiger charge is -2.13. The Morgan fingerprint density at radius 3 is 2.79 bits per heavy atom. The first kappa shape index (κ1) is 13.1. The molecule has 2 aromatic rings. The number of carbonyl (C=O) groups is 1. The van der Waals surface area contributed by atoms with Crippen molar-refractivity contribution in [1.29, 1.82) is 0 Å². The van der Waals surface area contributed by atoms with Crippen molar-refractivity contribution >= 4 is 5.91 Å². The molecule has 2 rings (SSSR count). The summed E-state index contributed by atoms with van der Waals surface area (Å²) in [4.78, 5) is 11.9. The van der Waals surface area contributed by atoms with Crippen molar-refractivity contribution in [2.45, 2.75) is 13.0 Å². The number of hydrogen-bond donors (Lipinski definition) is 1. The van der Waals surface area contributed by atoms with Crippen molar-refractivity contribution < 1.29 is 13.6 Å². The predicted molar refractivity (Wildman–Crippen MR) is 63.2 cm³/mol. The Bertz CT molecular complexity index is 612. The third-order valence-corrected chi connectivity index (χ3v) is 2.68. The summed E-state index contributed by atoms with van der Waals surface area (Å²) in [6.07, 6.45) is 1.49. The van der Waals surface area contributed by atoms with Gasteiger partial charge in [-0.15, -0.1) is 10.2 Å². The van der Waals surface area contributed by atoms with Crippen LogP contribution in [0.2, 0.25) is 0 Å². The van der Waals surface area contributed by atoms with Gasteiger partial charge in [-0.25, -0.2) is 8.78 Å². The monoisotopic (exact) mass is 266 g/mol. The van der Waals surface area contributed by atoms with Gasteiger partial charge in [-0.1, -0.05) is 6.07 Å². The molecule has 1 aromatic heterocycles. The number of aromatic nitrogens is 3. The van der Waals surface area contributed by atoms with E-state index in [4.69, 9.17) is 0 Å². The van der Waals surface area contributed by atoms with E-state index in [1.54, 1.807) is 18.5 Å². The van der Waals surface area contributed by atoms with Gasteiger partial charge in [0.05, 0.1) is 11.6 Å². The highest BCUT2D eigenvalue weighted by molar-refractivity contribution is 5.94. The first-order chi connectivity index (χ1) is 9.00. The van der Waals surface area contributed by atoms with Crippen LogP contribution in [0.4, 0.5) is 8.78 Å². The van der Waals surface area contributed by atoms with Gasteiger partial charge in [0.2, 0.25) is 0 Å². The summed E-state index contributed by atoms with van der Waals surface area (Å²) in [5.74, 6) is -2.40. The fraction of sp³-hybridized carbons (Fsp3) is 0.250. The average molecular weight is 266 g/mol. The van der Waals surface area contributed by atoms with Crippen LogP contribution in [0.15, 0.2) is 24.5 Å². The number of hydrogen-bond acceptors (Lipinski definition) is 3. The molecule has 0 saturated carbocycles. The average Bonchev–Trinajstić information content (AvgIpc) is 2.79. The van der Waals surface area contributed by atoms with Gasteiger partial charge in [0.15, 0.2) is 17.5 Å². The largest absolute Gasteiger partial charge is 0.342 e. The van der Waals surface area contributed by atoms with Gasteiger partial charge in [0.25, 0.3) is 5.91 Å². The number of amides is 1. The van der Waals surface area contributed by atoms with Crippen LogP contribution in [0.25, 0.3) is 0 Å². The van der Waals surface area contributed by atoms with E-state index in [1.807, 2.05) is 0 Å². The van der Waals surface area contributed by atoms with Crippen molar-refractivity contribution in [3.63, 3.8) is 0 Å². The first-order valence-corrected chi connectivity index (χ1v) is 5.59. The second kappa shape index (κ2) is 5.13. The second-order valence-electron chi connectivity index (χ2n) is 4.10. The summed E-state index contributed by atoms with van der Waals surface area (Å²) in [5, 5.41) is 10.1. The highest BCUT2D eigenvalue weighted by atomic mass is 19.2. The molecule has 0 fully saturated rings. The molecule has 1 aromatic carbocycles. The van der Waals surface area contributed by atoms with Gasteiger partial charge in [-0.3, -0.25) is 4.79 Å². The Labute approximate surface area is 108 Å². The maximum absolute atomic E-state index is 13.5. The third-order valence-electron chi connectivity index (χ3n) is 2.68. The molecule has 1 atom stereocenters. The fourth-order valence-corrected chi connectivity index (χ4v) is 1.70. The van der Waals surface area contributed by atoms with Crippen LogP contribution < -0.4 is 5.32 Å². The molecule has 7 heteroatoms. The Morgan fingerprint density at radius 1 is 1.42 bits per heavy atom. The van der Waals surface area contributed by atoms with Gasteiger partial charge in [0.1, 0.15) is 6.33 Å². The Morgan fingerprint density at radius 2 is 2.16 bits per heavy atom. The van der Waals surface area contributed by atoms with E-state index in [2.05, 4.69) is 15.5 Å². The van der Waals surface area contributed by atoms with Crippen molar-refractivity contribution in [1.82, 2.24) is 20.1 Å². The number of nitrogens with one attached hydrogen (secondary N) is 1. The highest BCUT2D eigenvalue weighted by Gasteiger charge is 2.19. The summed E-state index contributed by atoms with van der Waals surface area (Å²) < 4.78 is 28.1. The normalized spacial score (nSPS) is 12.2. The maximum atomic E-state index is 13.5. The van der Waals surface area contributed by atoms with Crippen LogP contribution in [-0.4, -0.2) is 20.7 Å². The molecule has 1 unspecified atom stereocenters. The van der Waals surface area contributed by atoms with E-state index < -0.39 is 23.6 Å². The number of nitrogens with zero attached hydrogens (tertiary/aromatic N) is 3. The first-order valence-electron chi connectivity index (χ1n) is 5.59. The summed E-state index contributed by atoms with van der Waals surface area (Å²) in [5.41, 5.74) is -0.339. The lowest BCUT2D eigenvalue weighted by Crippen LogP contribution is -2.29. The number of aryl methyl sites for hydroxylation is 1. The van der Waals surface area contributed by atoms with Gasteiger partial charge < -0.3 is 9.88 Å². The van der Waals surface area contributed by atoms with E-state index in [1.165, 1.54) is 18.5 Å².